The summed E-state index contributed by atoms with van der Waals surface area (Å²) in [5.41, 5.74) is -0.0431. The van der Waals surface area contributed by atoms with Crippen LogP contribution in [0.25, 0.3) is 0 Å². The number of benzene rings is 2. The summed E-state index contributed by atoms with van der Waals surface area (Å²) in [5.74, 6) is -0.159. The summed E-state index contributed by atoms with van der Waals surface area (Å²) >= 11 is 5.78. The van der Waals surface area contributed by atoms with Crippen LogP contribution in [0.2, 0.25) is 5.02 Å². The highest BCUT2D eigenvalue weighted by molar-refractivity contribution is 6.30. The molecule has 0 bridgehead atoms. The van der Waals surface area contributed by atoms with Crippen LogP contribution in [0.3, 0.4) is 0 Å². The highest BCUT2D eigenvalue weighted by atomic mass is 35.5. The zero-order chi connectivity index (χ0) is 21.0. The van der Waals surface area contributed by atoms with E-state index >= 15 is 0 Å². The average molecular weight is 419 g/mol. The first-order valence-electron chi connectivity index (χ1n) is 9.02. The van der Waals surface area contributed by atoms with Gasteiger partial charge in [-0.2, -0.15) is 0 Å². The molecule has 3 rings (SSSR count). The minimum atomic E-state index is -0.650. The van der Waals surface area contributed by atoms with E-state index in [0.717, 1.165) is 12.8 Å². The minimum Gasteiger partial charge on any atom is -0.452 e. The van der Waals surface area contributed by atoms with Crippen LogP contribution >= 0.6 is 11.6 Å². The molecule has 9 heteroatoms. The Bertz CT molecular complexity index is 927. The van der Waals surface area contributed by atoms with Crippen LogP contribution in [-0.2, 0) is 9.53 Å². The molecule has 0 aliphatic heterocycles. The Morgan fingerprint density at radius 1 is 1.24 bits per heavy atom. The largest absolute Gasteiger partial charge is 0.452 e. The molecule has 1 N–H and O–H groups in total. The predicted molar refractivity (Wildman–Crippen MR) is 105 cm³/mol. The maximum atomic E-state index is 12.1. The number of hydrogen-bond donors (Lipinski definition) is 1. The van der Waals surface area contributed by atoms with Crippen LogP contribution in [0.4, 0.5) is 5.69 Å². The standard InChI is InChI=1S/C20H19ClN2O6/c1-12(13-2-3-13)22-19(24)11-28-20(25)14-4-7-16(8-5-14)29-18-9-6-15(21)10-17(18)23(26)27/h4-10,12-13H,2-3,11H2,1H3,(H,22,24). The summed E-state index contributed by atoms with van der Waals surface area (Å²) in [7, 11) is 0. The summed E-state index contributed by atoms with van der Waals surface area (Å²) in [5, 5.41) is 14.1. The molecule has 8 nitrogen and oxygen atoms in total. The number of rotatable bonds is 8. The predicted octanol–water partition coefficient (Wildman–Crippen LogP) is 4.11. The second-order valence-electron chi connectivity index (χ2n) is 6.77. The molecule has 29 heavy (non-hydrogen) atoms. The number of nitro groups is 1. The lowest BCUT2D eigenvalue weighted by molar-refractivity contribution is -0.385. The zero-order valence-electron chi connectivity index (χ0n) is 15.6. The second-order valence-corrected chi connectivity index (χ2v) is 7.20. The van der Waals surface area contributed by atoms with Crippen molar-refractivity contribution in [2.75, 3.05) is 6.61 Å². The van der Waals surface area contributed by atoms with Gasteiger partial charge in [-0.3, -0.25) is 14.9 Å². The van der Waals surface area contributed by atoms with Gasteiger partial charge >= 0.3 is 11.7 Å². The number of ether oxygens (including phenoxy) is 2. The number of nitrogens with one attached hydrogen (secondary N) is 1. The number of esters is 1. The van der Waals surface area contributed by atoms with Gasteiger partial charge in [0.2, 0.25) is 5.75 Å². The van der Waals surface area contributed by atoms with Crippen molar-refractivity contribution in [2.45, 2.75) is 25.8 Å². The molecular formula is C20H19ClN2O6. The van der Waals surface area contributed by atoms with E-state index < -0.39 is 10.9 Å². The number of hydrogen-bond acceptors (Lipinski definition) is 6. The van der Waals surface area contributed by atoms with Crippen molar-refractivity contribution in [3.05, 3.63) is 63.2 Å². The number of halogens is 1. The van der Waals surface area contributed by atoms with E-state index in [9.17, 15) is 19.7 Å². The van der Waals surface area contributed by atoms with Crippen LogP contribution < -0.4 is 10.1 Å². The molecule has 152 valence electrons. The van der Waals surface area contributed by atoms with Crippen molar-refractivity contribution in [3.8, 4) is 11.5 Å². The number of carbonyl (C=O) groups is 2. The van der Waals surface area contributed by atoms with Crippen LogP contribution in [0.15, 0.2) is 42.5 Å². The summed E-state index contributed by atoms with van der Waals surface area (Å²) in [6.07, 6.45) is 2.21. The molecule has 1 amide bonds. The topological polar surface area (TPSA) is 108 Å². The Morgan fingerprint density at radius 3 is 2.55 bits per heavy atom. The quantitative estimate of drug-likeness (QED) is 0.392. The van der Waals surface area contributed by atoms with E-state index in [1.807, 2.05) is 6.92 Å². The third-order valence-electron chi connectivity index (χ3n) is 4.49. The lowest BCUT2D eigenvalue weighted by atomic mass is 10.2. The number of nitrogens with zero attached hydrogens (tertiary/aromatic N) is 1. The molecule has 1 atom stereocenters. The van der Waals surface area contributed by atoms with E-state index in [1.54, 1.807) is 0 Å². The lowest BCUT2D eigenvalue weighted by Crippen LogP contribution is -2.37. The zero-order valence-corrected chi connectivity index (χ0v) is 16.3. The summed E-state index contributed by atoms with van der Waals surface area (Å²) in [6.45, 7) is 1.58. The van der Waals surface area contributed by atoms with Crippen molar-refractivity contribution >= 4 is 29.2 Å². The molecule has 0 heterocycles. The molecule has 2 aromatic rings. The van der Waals surface area contributed by atoms with Crippen LogP contribution in [0.1, 0.15) is 30.1 Å². The molecular weight excluding hydrogens is 400 g/mol. The minimum absolute atomic E-state index is 0.0242. The van der Waals surface area contributed by atoms with Gasteiger partial charge in [-0.15, -0.1) is 0 Å². The van der Waals surface area contributed by atoms with Gasteiger partial charge < -0.3 is 14.8 Å². The number of nitro benzene ring substituents is 1. The Balaban J connectivity index is 1.56. The number of carbonyl (C=O) groups excluding carboxylic acids is 2. The summed E-state index contributed by atoms with van der Waals surface area (Å²) in [6, 6.07) is 9.99. The SMILES string of the molecule is CC(NC(=O)COC(=O)c1ccc(Oc2ccc(Cl)cc2[N+](=O)[O-])cc1)C1CC1. The molecule has 0 saturated heterocycles. The van der Waals surface area contributed by atoms with Gasteiger partial charge in [-0.05, 0) is 62.1 Å². The molecule has 1 unspecified atom stereocenters. The van der Waals surface area contributed by atoms with Gasteiger partial charge in [0, 0.05) is 17.1 Å². The molecule has 1 aliphatic rings. The molecule has 1 saturated carbocycles. The summed E-state index contributed by atoms with van der Waals surface area (Å²) < 4.78 is 10.5. The fraction of sp³-hybridized carbons (Fsp3) is 0.300. The molecule has 0 aromatic heterocycles. The maximum Gasteiger partial charge on any atom is 0.338 e. The first-order chi connectivity index (χ1) is 13.8. The van der Waals surface area contributed by atoms with Crippen molar-refractivity contribution in [1.29, 1.82) is 0 Å². The van der Waals surface area contributed by atoms with Gasteiger partial charge in [-0.25, -0.2) is 4.79 Å². The number of amides is 1. The Morgan fingerprint density at radius 2 is 1.93 bits per heavy atom. The molecule has 2 aromatic carbocycles. The Labute approximate surface area is 171 Å². The van der Waals surface area contributed by atoms with E-state index in [0.29, 0.717) is 11.7 Å². The lowest BCUT2D eigenvalue weighted by Gasteiger charge is -2.12. The molecule has 1 aliphatic carbocycles. The summed E-state index contributed by atoms with van der Waals surface area (Å²) in [4.78, 5) is 34.4. The third kappa shape index (κ3) is 5.68. The van der Waals surface area contributed by atoms with Gasteiger partial charge in [0.1, 0.15) is 5.75 Å². The molecule has 0 radical (unpaired) electrons. The van der Waals surface area contributed by atoms with Gasteiger partial charge in [-0.1, -0.05) is 11.6 Å². The highest BCUT2D eigenvalue weighted by Gasteiger charge is 2.29. The molecule has 0 spiro atoms. The van der Waals surface area contributed by atoms with E-state index in [1.165, 1.54) is 42.5 Å². The Hall–Kier alpha value is -3.13. The van der Waals surface area contributed by atoms with Gasteiger partial charge in [0.25, 0.3) is 5.91 Å². The maximum absolute atomic E-state index is 12.1. The van der Waals surface area contributed by atoms with Crippen molar-refractivity contribution in [3.63, 3.8) is 0 Å². The van der Waals surface area contributed by atoms with Crippen molar-refractivity contribution in [1.82, 2.24) is 5.32 Å². The first-order valence-corrected chi connectivity index (χ1v) is 9.39. The Kier molecular flexibility index (Phi) is 6.33. The normalized spacial score (nSPS) is 14.0. The van der Waals surface area contributed by atoms with E-state index in [-0.39, 0.29) is 40.6 Å². The fourth-order valence-corrected chi connectivity index (χ4v) is 2.90. The second kappa shape index (κ2) is 8.91. The van der Waals surface area contributed by atoms with Gasteiger partial charge in [0.05, 0.1) is 10.5 Å². The monoisotopic (exact) mass is 418 g/mol. The smallest absolute Gasteiger partial charge is 0.338 e. The average Bonchev–Trinajstić information content (AvgIpc) is 3.53. The highest BCUT2D eigenvalue weighted by Crippen LogP contribution is 2.34. The van der Waals surface area contributed by atoms with Crippen LogP contribution in [-0.4, -0.2) is 29.4 Å². The van der Waals surface area contributed by atoms with Gasteiger partial charge in [0.15, 0.2) is 6.61 Å². The molecule has 1 fully saturated rings. The third-order valence-corrected chi connectivity index (χ3v) is 4.72. The van der Waals surface area contributed by atoms with Crippen molar-refractivity contribution in [2.24, 2.45) is 5.92 Å². The first kappa shape index (κ1) is 20.6. The van der Waals surface area contributed by atoms with Crippen molar-refractivity contribution < 1.29 is 24.0 Å². The fourth-order valence-electron chi connectivity index (χ4n) is 2.73. The van der Waals surface area contributed by atoms with Crippen LogP contribution in [0, 0.1) is 16.0 Å². The van der Waals surface area contributed by atoms with E-state index in [4.69, 9.17) is 21.1 Å². The van der Waals surface area contributed by atoms with E-state index in [2.05, 4.69) is 5.32 Å². The van der Waals surface area contributed by atoms with Crippen LogP contribution in [0.5, 0.6) is 11.5 Å².